The summed E-state index contributed by atoms with van der Waals surface area (Å²) in [7, 11) is 0. The molecule has 1 amide bonds. The van der Waals surface area contributed by atoms with Crippen LogP contribution in [0.3, 0.4) is 0 Å². The second-order valence-electron chi connectivity index (χ2n) is 6.92. The van der Waals surface area contributed by atoms with Gasteiger partial charge in [0, 0.05) is 12.1 Å². The summed E-state index contributed by atoms with van der Waals surface area (Å²) < 4.78 is 39.4. The quantitative estimate of drug-likeness (QED) is 0.804. The number of hydrogen-bond donors (Lipinski definition) is 2. The molecule has 0 radical (unpaired) electrons. The van der Waals surface area contributed by atoms with Gasteiger partial charge in [-0.3, -0.25) is 4.79 Å². The maximum absolute atomic E-state index is 12.7. The maximum Gasteiger partial charge on any atom is 0.391 e. The molecule has 7 nitrogen and oxygen atoms in total. The molecular weight excluding hydrogens is 377 g/mol. The van der Waals surface area contributed by atoms with Crippen molar-refractivity contribution < 1.29 is 27.9 Å². The van der Waals surface area contributed by atoms with Gasteiger partial charge in [0.25, 0.3) is 0 Å². The van der Waals surface area contributed by atoms with Gasteiger partial charge >= 0.3 is 12.1 Å². The minimum absolute atomic E-state index is 0.0600. The summed E-state index contributed by atoms with van der Waals surface area (Å²) in [6, 6.07) is 6.62. The fourth-order valence-corrected chi connectivity index (χ4v) is 3.38. The highest BCUT2D eigenvalue weighted by atomic mass is 19.4. The van der Waals surface area contributed by atoms with Crippen LogP contribution in [0.1, 0.15) is 42.6 Å². The predicted octanol–water partition coefficient (Wildman–Crippen LogP) is 3.66. The normalized spacial score (nSPS) is 20.0. The van der Waals surface area contributed by atoms with Crippen LogP contribution in [0.5, 0.6) is 0 Å². The molecule has 1 aromatic heterocycles. The van der Waals surface area contributed by atoms with Gasteiger partial charge < -0.3 is 10.4 Å². The highest BCUT2D eigenvalue weighted by molar-refractivity contribution is 5.91. The van der Waals surface area contributed by atoms with E-state index in [4.69, 9.17) is 5.11 Å². The van der Waals surface area contributed by atoms with Crippen LogP contribution in [0, 0.1) is 11.8 Å². The Morgan fingerprint density at radius 2 is 1.93 bits per heavy atom. The standard InChI is InChI=1S/C18H19F3N4O3/c19-18(20,21)12-6-4-11(5-7-12)8-16(26)22-13-2-1-3-14(9-13)25-10-15(17(27)28)23-24-25/h1-3,9-12H,4-8H2,(H,22,26)(H,27,28). The molecule has 0 unspecified atom stereocenters. The summed E-state index contributed by atoms with van der Waals surface area (Å²) in [5, 5.41) is 18.9. The molecule has 1 fully saturated rings. The van der Waals surface area contributed by atoms with Gasteiger partial charge in [0.1, 0.15) is 0 Å². The second kappa shape index (κ2) is 7.99. The van der Waals surface area contributed by atoms with Crippen LogP contribution in [0.25, 0.3) is 5.69 Å². The number of carboxylic acid groups (broad SMARTS) is 1. The third-order valence-electron chi connectivity index (χ3n) is 4.89. The Bertz CT molecular complexity index is 858. The molecule has 1 aromatic carbocycles. The van der Waals surface area contributed by atoms with E-state index in [9.17, 15) is 22.8 Å². The van der Waals surface area contributed by atoms with Crippen molar-refractivity contribution in [3.05, 3.63) is 36.2 Å². The first-order valence-corrected chi connectivity index (χ1v) is 8.85. The van der Waals surface area contributed by atoms with Crippen LogP contribution in [0.15, 0.2) is 30.5 Å². The maximum atomic E-state index is 12.7. The molecule has 1 aliphatic carbocycles. The zero-order chi connectivity index (χ0) is 20.3. The Kier molecular flexibility index (Phi) is 5.66. The van der Waals surface area contributed by atoms with Gasteiger partial charge in [0.2, 0.25) is 5.91 Å². The van der Waals surface area contributed by atoms with Crippen molar-refractivity contribution in [3.63, 3.8) is 0 Å². The molecule has 0 bridgehead atoms. The molecule has 10 heteroatoms. The number of aromatic nitrogens is 3. The van der Waals surface area contributed by atoms with Crippen LogP contribution >= 0.6 is 0 Å². The van der Waals surface area contributed by atoms with Gasteiger partial charge in [-0.25, -0.2) is 9.48 Å². The van der Waals surface area contributed by atoms with E-state index in [1.54, 1.807) is 24.3 Å². The number of anilines is 1. The van der Waals surface area contributed by atoms with E-state index in [2.05, 4.69) is 15.6 Å². The van der Waals surface area contributed by atoms with Crippen LogP contribution in [-0.2, 0) is 4.79 Å². The highest BCUT2D eigenvalue weighted by Gasteiger charge is 2.41. The van der Waals surface area contributed by atoms with E-state index in [0.29, 0.717) is 24.2 Å². The lowest BCUT2D eigenvalue weighted by Crippen LogP contribution is -2.29. The first-order chi connectivity index (χ1) is 13.2. The molecule has 2 N–H and O–H groups in total. The Morgan fingerprint density at radius 3 is 2.54 bits per heavy atom. The number of carboxylic acids is 1. The number of benzene rings is 1. The molecule has 1 heterocycles. The van der Waals surface area contributed by atoms with Crippen LogP contribution in [-0.4, -0.2) is 38.2 Å². The highest BCUT2D eigenvalue weighted by Crippen LogP contribution is 2.40. The number of alkyl halides is 3. The van der Waals surface area contributed by atoms with Crippen molar-refractivity contribution >= 4 is 17.6 Å². The summed E-state index contributed by atoms with van der Waals surface area (Å²) >= 11 is 0. The van der Waals surface area contributed by atoms with Gasteiger partial charge in [0.15, 0.2) is 5.69 Å². The zero-order valence-corrected chi connectivity index (χ0v) is 14.8. The molecular formula is C18H19F3N4O3. The van der Waals surface area contributed by atoms with E-state index in [1.807, 2.05) is 0 Å². The molecule has 0 spiro atoms. The van der Waals surface area contributed by atoms with Gasteiger partial charge in [-0.1, -0.05) is 11.3 Å². The minimum Gasteiger partial charge on any atom is -0.476 e. The largest absolute Gasteiger partial charge is 0.476 e. The van der Waals surface area contributed by atoms with Crippen molar-refractivity contribution in [2.75, 3.05) is 5.32 Å². The van der Waals surface area contributed by atoms with Crippen molar-refractivity contribution in [2.45, 2.75) is 38.3 Å². The molecule has 2 aromatic rings. The molecule has 3 rings (SSSR count). The summed E-state index contributed by atoms with van der Waals surface area (Å²) in [5.41, 5.74) is 0.797. The van der Waals surface area contributed by atoms with Crippen molar-refractivity contribution in [3.8, 4) is 5.69 Å². The van der Waals surface area contributed by atoms with Crippen LogP contribution in [0.4, 0.5) is 18.9 Å². The fourth-order valence-electron chi connectivity index (χ4n) is 3.38. The number of amides is 1. The molecule has 1 aliphatic rings. The SMILES string of the molecule is O=C(CC1CCC(C(F)(F)F)CC1)Nc1cccc(-n2cc(C(=O)O)nn2)c1. The number of hydrogen-bond acceptors (Lipinski definition) is 4. The third kappa shape index (κ3) is 4.87. The first-order valence-electron chi connectivity index (χ1n) is 8.85. The Labute approximate surface area is 158 Å². The number of nitrogens with one attached hydrogen (secondary N) is 1. The number of halogens is 3. The summed E-state index contributed by atoms with van der Waals surface area (Å²) in [6.07, 6.45) is -1.84. The Hall–Kier alpha value is -2.91. The number of carbonyl (C=O) groups is 2. The summed E-state index contributed by atoms with van der Waals surface area (Å²) in [5.74, 6) is -2.79. The van der Waals surface area contributed by atoms with Crippen molar-refractivity contribution in [1.82, 2.24) is 15.0 Å². The second-order valence-corrected chi connectivity index (χ2v) is 6.92. The van der Waals surface area contributed by atoms with Gasteiger partial charge in [0.05, 0.1) is 17.8 Å². The van der Waals surface area contributed by atoms with Crippen LogP contribution < -0.4 is 5.32 Å². The third-order valence-corrected chi connectivity index (χ3v) is 4.89. The van der Waals surface area contributed by atoms with E-state index >= 15 is 0 Å². The van der Waals surface area contributed by atoms with E-state index in [1.165, 1.54) is 10.9 Å². The van der Waals surface area contributed by atoms with Crippen LogP contribution in [0.2, 0.25) is 0 Å². The number of carbonyl (C=O) groups excluding carboxylic acids is 1. The topological polar surface area (TPSA) is 97.1 Å². The van der Waals surface area contributed by atoms with Gasteiger partial charge in [-0.05, 0) is 49.8 Å². The van der Waals surface area contributed by atoms with Crippen molar-refractivity contribution in [2.24, 2.45) is 11.8 Å². The lowest BCUT2D eigenvalue weighted by molar-refractivity contribution is -0.183. The average Bonchev–Trinajstić information content (AvgIpc) is 3.12. The summed E-state index contributed by atoms with van der Waals surface area (Å²) in [6.45, 7) is 0. The molecule has 150 valence electrons. The van der Waals surface area contributed by atoms with E-state index < -0.39 is 18.1 Å². The smallest absolute Gasteiger partial charge is 0.391 e. The molecule has 0 aliphatic heterocycles. The number of aromatic carboxylic acids is 1. The first kappa shape index (κ1) is 19.8. The summed E-state index contributed by atoms with van der Waals surface area (Å²) in [4.78, 5) is 23.1. The van der Waals surface area contributed by atoms with Crippen molar-refractivity contribution in [1.29, 1.82) is 0 Å². The molecule has 0 saturated heterocycles. The van der Waals surface area contributed by atoms with E-state index in [0.717, 1.165) is 0 Å². The number of rotatable bonds is 5. The molecule has 0 atom stereocenters. The number of nitrogens with zero attached hydrogens (tertiary/aromatic N) is 3. The van der Waals surface area contributed by atoms with Gasteiger partial charge in [-0.15, -0.1) is 5.10 Å². The van der Waals surface area contributed by atoms with E-state index in [-0.39, 0.29) is 36.8 Å². The predicted molar refractivity (Wildman–Crippen MR) is 93.1 cm³/mol. The average molecular weight is 396 g/mol. The fraction of sp³-hybridized carbons (Fsp3) is 0.444. The zero-order valence-electron chi connectivity index (χ0n) is 14.8. The Balaban J connectivity index is 1.57. The molecule has 1 saturated carbocycles. The monoisotopic (exact) mass is 396 g/mol. The lowest BCUT2D eigenvalue weighted by atomic mass is 9.80. The molecule has 28 heavy (non-hydrogen) atoms. The minimum atomic E-state index is -4.16. The van der Waals surface area contributed by atoms with Gasteiger partial charge in [-0.2, -0.15) is 13.2 Å². The lowest BCUT2D eigenvalue weighted by Gasteiger charge is -2.29. The Morgan fingerprint density at radius 1 is 1.21 bits per heavy atom.